The highest BCUT2D eigenvalue weighted by molar-refractivity contribution is 9.10. The first kappa shape index (κ1) is 13.5. The molecule has 0 radical (unpaired) electrons. The highest BCUT2D eigenvalue weighted by atomic mass is 79.9. The first-order valence-corrected chi connectivity index (χ1v) is 6.76. The maximum absolute atomic E-state index is 13.0. The molecule has 1 aliphatic heterocycles. The van der Waals surface area contributed by atoms with Crippen LogP contribution in [0.3, 0.4) is 0 Å². The summed E-state index contributed by atoms with van der Waals surface area (Å²) in [5.74, 6) is -0.0708. The van der Waals surface area contributed by atoms with Crippen molar-refractivity contribution >= 4 is 21.8 Å². The lowest BCUT2D eigenvalue weighted by Crippen LogP contribution is -2.29. The number of hydrogen-bond donors (Lipinski definition) is 1. The Morgan fingerprint density at radius 1 is 1.56 bits per heavy atom. The molecule has 1 aromatic carbocycles. The highest BCUT2D eigenvalue weighted by Crippen LogP contribution is 2.24. The lowest BCUT2D eigenvalue weighted by Gasteiger charge is -2.17. The number of amides is 1. The fraction of sp³-hybridized carbons (Fsp3) is 0.462. The molecular formula is C13H15BrFNO2. The Morgan fingerprint density at radius 2 is 2.33 bits per heavy atom. The summed E-state index contributed by atoms with van der Waals surface area (Å²) in [6.45, 7) is 1.53. The Morgan fingerprint density at radius 3 is 3.00 bits per heavy atom. The van der Waals surface area contributed by atoms with Crippen molar-refractivity contribution in [1.82, 2.24) is 4.90 Å². The third-order valence-corrected chi connectivity index (χ3v) is 3.93. The molecule has 18 heavy (non-hydrogen) atoms. The van der Waals surface area contributed by atoms with E-state index in [0.717, 1.165) is 12.8 Å². The predicted molar refractivity (Wildman–Crippen MR) is 69.8 cm³/mol. The van der Waals surface area contributed by atoms with Gasteiger partial charge >= 0.3 is 0 Å². The Kier molecular flexibility index (Phi) is 4.35. The minimum atomic E-state index is -0.363. The largest absolute Gasteiger partial charge is 0.396 e. The molecule has 0 aromatic heterocycles. The quantitative estimate of drug-likeness (QED) is 0.930. The van der Waals surface area contributed by atoms with Crippen LogP contribution in [0.5, 0.6) is 0 Å². The van der Waals surface area contributed by atoms with Crippen LogP contribution in [0.2, 0.25) is 0 Å². The van der Waals surface area contributed by atoms with Gasteiger partial charge in [0.05, 0.1) is 5.56 Å². The minimum absolute atomic E-state index is 0.0812. The van der Waals surface area contributed by atoms with Crippen LogP contribution in [0.25, 0.3) is 0 Å². The van der Waals surface area contributed by atoms with Crippen molar-refractivity contribution < 1.29 is 14.3 Å². The Bertz CT molecular complexity index is 453. The first-order chi connectivity index (χ1) is 8.61. The number of aliphatic hydroxyl groups excluding tert-OH is 1. The van der Waals surface area contributed by atoms with Crippen LogP contribution in [0, 0.1) is 11.7 Å². The molecule has 2 rings (SSSR count). The summed E-state index contributed by atoms with van der Waals surface area (Å²) >= 11 is 3.21. The SMILES string of the molecule is O=C(c1ccc(F)cc1Br)N1CCC(CCO)C1. The molecule has 5 heteroatoms. The molecule has 1 aromatic rings. The summed E-state index contributed by atoms with van der Waals surface area (Å²) in [6, 6.07) is 4.09. The van der Waals surface area contributed by atoms with Gasteiger partial charge in [-0.05, 0) is 52.9 Å². The molecule has 3 nitrogen and oxygen atoms in total. The van der Waals surface area contributed by atoms with Crippen LogP contribution in [-0.2, 0) is 0 Å². The van der Waals surface area contributed by atoms with Gasteiger partial charge in [0.2, 0.25) is 0 Å². The second-order valence-corrected chi connectivity index (χ2v) is 5.40. The van der Waals surface area contributed by atoms with Gasteiger partial charge in [0.1, 0.15) is 5.82 Å². The number of benzene rings is 1. The van der Waals surface area contributed by atoms with Gasteiger partial charge in [0.15, 0.2) is 0 Å². The van der Waals surface area contributed by atoms with Crippen molar-refractivity contribution in [2.45, 2.75) is 12.8 Å². The number of halogens is 2. The average molecular weight is 316 g/mol. The minimum Gasteiger partial charge on any atom is -0.396 e. The van der Waals surface area contributed by atoms with Crippen LogP contribution < -0.4 is 0 Å². The van der Waals surface area contributed by atoms with E-state index in [2.05, 4.69) is 15.9 Å². The third kappa shape index (κ3) is 2.90. The van der Waals surface area contributed by atoms with Gasteiger partial charge in [0, 0.05) is 24.2 Å². The zero-order chi connectivity index (χ0) is 13.1. The molecule has 1 heterocycles. The molecule has 1 unspecified atom stereocenters. The molecule has 1 saturated heterocycles. The Labute approximate surface area is 114 Å². The molecule has 1 atom stereocenters. The fourth-order valence-electron chi connectivity index (χ4n) is 2.27. The number of rotatable bonds is 3. The molecule has 0 spiro atoms. The molecule has 1 amide bonds. The summed E-state index contributed by atoms with van der Waals surface area (Å²) in [6.07, 6.45) is 1.65. The Balaban J connectivity index is 2.08. The summed E-state index contributed by atoms with van der Waals surface area (Å²) < 4.78 is 13.5. The number of hydrogen-bond acceptors (Lipinski definition) is 2. The average Bonchev–Trinajstić information content (AvgIpc) is 2.77. The van der Waals surface area contributed by atoms with E-state index in [-0.39, 0.29) is 18.3 Å². The van der Waals surface area contributed by atoms with Crippen LogP contribution >= 0.6 is 15.9 Å². The predicted octanol–water partition coefficient (Wildman–Crippen LogP) is 2.43. The van der Waals surface area contributed by atoms with Crippen LogP contribution in [0.4, 0.5) is 4.39 Å². The summed E-state index contributed by atoms with van der Waals surface area (Å²) in [7, 11) is 0. The number of carbonyl (C=O) groups is 1. The lowest BCUT2D eigenvalue weighted by atomic mass is 10.1. The van der Waals surface area contributed by atoms with E-state index in [1.165, 1.54) is 18.2 Å². The number of aliphatic hydroxyl groups is 1. The van der Waals surface area contributed by atoms with Crippen LogP contribution in [-0.4, -0.2) is 35.6 Å². The number of likely N-dealkylation sites (tertiary alicyclic amines) is 1. The molecule has 98 valence electrons. The lowest BCUT2D eigenvalue weighted by molar-refractivity contribution is 0.0784. The van der Waals surface area contributed by atoms with E-state index < -0.39 is 0 Å². The molecule has 0 aliphatic carbocycles. The second kappa shape index (κ2) is 5.80. The topological polar surface area (TPSA) is 40.5 Å². The Hall–Kier alpha value is -0.940. The van der Waals surface area contributed by atoms with Crippen LogP contribution in [0.1, 0.15) is 23.2 Å². The molecule has 1 aliphatic rings. The van der Waals surface area contributed by atoms with E-state index in [9.17, 15) is 9.18 Å². The summed E-state index contributed by atoms with van der Waals surface area (Å²) in [4.78, 5) is 14.0. The monoisotopic (exact) mass is 315 g/mol. The van der Waals surface area contributed by atoms with E-state index in [0.29, 0.717) is 29.0 Å². The molecule has 0 saturated carbocycles. The van der Waals surface area contributed by atoms with E-state index >= 15 is 0 Å². The van der Waals surface area contributed by atoms with Gasteiger partial charge in [-0.3, -0.25) is 4.79 Å². The van der Waals surface area contributed by atoms with Gasteiger partial charge in [-0.15, -0.1) is 0 Å². The second-order valence-electron chi connectivity index (χ2n) is 4.54. The van der Waals surface area contributed by atoms with Gasteiger partial charge in [0.25, 0.3) is 5.91 Å². The maximum Gasteiger partial charge on any atom is 0.255 e. The summed E-state index contributed by atoms with van der Waals surface area (Å²) in [5.41, 5.74) is 0.487. The van der Waals surface area contributed by atoms with Crippen molar-refractivity contribution in [3.63, 3.8) is 0 Å². The third-order valence-electron chi connectivity index (χ3n) is 3.27. The van der Waals surface area contributed by atoms with Gasteiger partial charge in [-0.1, -0.05) is 0 Å². The van der Waals surface area contributed by atoms with Gasteiger partial charge in [-0.25, -0.2) is 4.39 Å². The standard InChI is InChI=1S/C13H15BrFNO2/c14-12-7-10(15)1-2-11(12)13(18)16-5-3-9(8-16)4-6-17/h1-2,7,9,17H,3-6,8H2. The smallest absolute Gasteiger partial charge is 0.255 e. The van der Waals surface area contributed by atoms with Gasteiger partial charge < -0.3 is 10.0 Å². The van der Waals surface area contributed by atoms with Gasteiger partial charge in [-0.2, -0.15) is 0 Å². The van der Waals surface area contributed by atoms with Crippen LogP contribution in [0.15, 0.2) is 22.7 Å². The zero-order valence-corrected chi connectivity index (χ0v) is 11.5. The van der Waals surface area contributed by atoms with Crippen molar-refractivity contribution in [3.05, 3.63) is 34.1 Å². The van der Waals surface area contributed by atoms with Crippen molar-refractivity contribution in [3.8, 4) is 0 Å². The first-order valence-electron chi connectivity index (χ1n) is 5.97. The van der Waals surface area contributed by atoms with Crippen molar-refractivity contribution in [2.24, 2.45) is 5.92 Å². The van der Waals surface area contributed by atoms with Crippen molar-refractivity contribution in [2.75, 3.05) is 19.7 Å². The van der Waals surface area contributed by atoms with Crippen molar-refractivity contribution in [1.29, 1.82) is 0 Å². The zero-order valence-electron chi connectivity index (χ0n) is 9.90. The molecular weight excluding hydrogens is 301 g/mol. The number of carbonyl (C=O) groups excluding carboxylic acids is 1. The molecule has 1 fully saturated rings. The number of nitrogens with zero attached hydrogens (tertiary/aromatic N) is 1. The fourth-order valence-corrected chi connectivity index (χ4v) is 2.79. The molecule has 1 N–H and O–H groups in total. The molecule has 0 bridgehead atoms. The highest BCUT2D eigenvalue weighted by Gasteiger charge is 2.27. The normalized spacial score (nSPS) is 19.3. The summed E-state index contributed by atoms with van der Waals surface area (Å²) in [5, 5.41) is 8.89. The van der Waals surface area contributed by atoms with E-state index in [1.807, 2.05) is 0 Å². The maximum atomic E-state index is 13.0. The van der Waals surface area contributed by atoms with E-state index in [4.69, 9.17) is 5.11 Å². The van der Waals surface area contributed by atoms with E-state index in [1.54, 1.807) is 4.90 Å².